The molecule has 0 N–H and O–H groups in total. The largest absolute Gasteiger partial charge is 0.310 e. The molecule has 1 heteroatoms. The Balaban J connectivity index is 1.10. The highest BCUT2D eigenvalue weighted by molar-refractivity contribution is 6.15. The molecule has 0 bridgehead atoms. The number of fused-ring (bicyclic) bond motifs is 17. The average Bonchev–Trinajstić information content (AvgIpc) is 1.48. The predicted molar refractivity (Wildman–Crippen MR) is 298 cm³/mol. The number of anilines is 3. The number of hydrogen-bond donors (Lipinski definition) is 0. The van der Waals surface area contributed by atoms with E-state index in [1.54, 1.807) is 4.90 Å². The van der Waals surface area contributed by atoms with Crippen LogP contribution in [0.1, 0.15) is 78.6 Å². The van der Waals surface area contributed by atoms with Crippen LogP contribution in [-0.4, -0.2) is 0 Å². The second-order valence-corrected chi connectivity index (χ2v) is 18.1. The van der Waals surface area contributed by atoms with E-state index in [4.69, 9.17) is 13.7 Å². The summed E-state index contributed by atoms with van der Waals surface area (Å²) in [6, 6.07) is 30.3. The Morgan fingerprint density at radius 1 is 0.352 bits per heavy atom. The molecule has 0 saturated carbocycles. The lowest BCUT2D eigenvalue weighted by atomic mass is 9.70. The first kappa shape index (κ1) is 23.7. The first-order chi connectivity index (χ1) is 44.6. The lowest BCUT2D eigenvalue weighted by molar-refractivity contribution is 0.660. The summed E-state index contributed by atoms with van der Waals surface area (Å²) in [6.45, 7) is -7.76. The highest BCUT2D eigenvalue weighted by Crippen LogP contribution is 2.63. The first-order valence-corrected chi connectivity index (χ1v) is 23.1. The van der Waals surface area contributed by atoms with Crippen LogP contribution in [0.15, 0.2) is 248 Å². The normalized spacial score (nSPS) is 19.0. The van der Waals surface area contributed by atoms with Gasteiger partial charge in [0.25, 0.3) is 0 Å². The molecular formula is C70H47N. The lowest BCUT2D eigenvalue weighted by Crippen LogP contribution is -2.26. The molecule has 12 aromatic carbocycles. The third-order valence-electron chi connectivity index (χ3n) is 14.6. The van der Waals surface area contributed by atoms with Crippen LogP contribution in [0, 0.1) is 0 Å². The van der Waals surface area contributed by atoms with E-state index in [0.29, 0.717) is 16.8 Å². The van der Waals surface area contributed by atoms with Crippen LogP contribution < -0.4 is 4.90 Å². The van der Waals surface area contributed by atoms with Gasteiger partial charge in [-0.1, -0.05) is 232 Å². The van der Waals surface area contributed by atoms with Gasteiger partial charge in [0.2, 0.25) is 0 Å². The van der Waals surface area contributed by atoms with Gasteiger partial charge in [0, 0.05) is 30.4 Å². The van der Waals surface area contributed by atoms with Crippen molar-refractivity contribution in [2.24, 2.45) is 0 Å². The van der Waals surface area contributed by atoms with E-state index < -0.39 is 183 Å². The van der Waals surface area contributed by atoms with Gasteiger partial charge in [0.05, 0.1) is 34.4 Å². The summed E-state index contributed by atoms with van der Waals surface area (Å²) in [5, 5.41) is 1.51. The van der Waals surface area contributed by atoms with Gasteiger partial charge in [-0.15, -0.1) is 0 Å². The Bertz CT molecular complexity index is 5370. The van der Waals surface area contributed by atoms with E-state index >= 15 is 0 Å². The topological polar surface area (TPSA) is 3.24 Å². The zero-order valence-electron chi connectivity index (χ0n) is 60.3. The second kappa shape index (κ2) is 14.9. The summed E-state index contributed by atoms with van der Waals surface area (Å²) in [4.78, 5) is 1.64. The summed E-state index contributed by atoms with van der Waals surface area (Å²) in [6.07, 6.45) is 0. The average molecular weight is 925 g/mol. The van der Waals surface area contributed by atoms with Crippen molar-refractivity contribution in [2.75, 3.05) is 4.90 Å². The van der Waals surface area contributed by atoms with Crippen LogP contribution in [0.4, 0.5) is 17.1 Å². The quantitative estimate of drug-likeness (QED) is 0.156. The van der Waals surface area contributed by atoms with Crippen molar-refractivity contribution in [3.05, 3.63) is 282 Å². The van der Waals surface area contributed by atoms with Gasteiger partial charge in [-0.25, -0.2) is 0 Å². The van der Waals surface area contributed by atoms with Crippen LogP contribution in [0.25, 0.3) is 88.0 Å². The molecule has 3 aliphatic rings. The van der Waals surface area contributed by atoms with E-state index in [0.717, 1.165) is 60.7 Å². The van der Waals surface area contributed by atoms with Crippen molar-refractivity contribution in [2.45, 2.75) is 24.5 Å². The third kappa shape index (κ3) is 5.46. The van der Waals surface area contributed by atoms with Gasteiger partial charge < -0.3 is 4.90 Å². The Labute approximate surface area is 446 Å². The zero-order chi connectivity index (χ0) is 66.8. The van der Waals surface area contributed by atoms with E-state index in [1.807, 2.05) is 109 Å². The summed E-state index contributed by atoms with van der Waals surface area (Å²) in [5.41, 5.74) is -3.64. The molecule has 0 amide bonds. The molecule has 0 radical (unpaired) electrons. The van der Waals surface area contributed by atoms with E-state index in [1.165, 1.54) is 0 Å². The third-order valence-corrected chi connectivity index (χ3v) is 14.6. The monoisotopic (exact) mass is 925 g/mol. The standard InChI is InChI=1S/C70H47N/c1-69(2)60-29-13-12-27-58(60)68-59(28-17-33-64(68)69)67-50-21-6-3-18-44(50)36-40-51(67)45-34-37-47(38-35-45)71(66-42-46-19-4-5-20-49(46)52-22-7-8-26-57(52)66)48-39-41-56-55-25-11-16-32-63(55)70(65(56)43-48)61-30-14-9-23-53(61)54-24-10-15-31-62(54)70/h3-43H,1-2H3/i1D3,2D3,3D,6D,12D,13D,17D,18D,21D,27D,28D,29D,33D,34D,35D,36D,37D,38D,40D. The molecule has 0 heterocycles. The van der Waals surface area contributed by atoms with E-state index in [2.05, 4.69) is 36.4 Å². The van der Waals surface area contributed by atoms with Crippen molar-refractivity contribution in [1.82, 2.24) is 0 Å². The summed E-state index contributed by atoms with van der Waals surface area (Å²) in [7, 11) is 0. The van der Waals surface area contributed by atoms with Gasteiger partial charge >= 0.3 is 0 Å². The maximum absolute atomic E-state index is 10.5. The maximum Gasteiger partial charge on any atom is 0.0726 e. The molecule has 3 aliphatic carbocycles. The molecule has 1 spiro atoms. The fourth-order valence-corrected chi connectivity index (χ4v) is 11.7. The molecule has 15 rings (SSSR count). The summed E-state index contributed by atoms with van der Waals surface area (Å²) >= 11 is 0. The summed E-state index contributed by atoms with van der Waals surface area (Å²) < 4.78 is 218. The molecule has 1 nitrogen and oxygen atoms in total. The fraction of sp³-hybridized carbons (Fsp3) is 0.0571. The molecule has 0 unspecified atom stereocenters. The number of rotatable bonds is 5. The number of benzene rings is 12. The smallest absolute Gasteiger partial charge is 0.0726 e. The van der Waals surface area contributed by atoms with Crippen molar-refractivity contribution >= 4 is 49.4 Å². The Morgan fingerprint density at radius 3 is 1.70 bits per heavy atom. The highest BCUT2D eigenvalue weighted by atomic mass is 15.1. The Morgan fingerprint density at radius 2 is 0.958 bits per heavy atom. The second-order valence-electron chi connectivity index (χ2n) is 18.1. The Kier molecular flexibility index (Phi) is 4.96. The first-order valence-electron chi connectivity index (χ1n) is 34.6. The minimum atomic E-state index is -3.88. The molecule has 12 aromatic rings. The highest BCUT2D eigenvalue weighted by Gasteiger charge is 2.51. The van der Waals surface area contributed by atoms with Crippen molar-refractivity contribution in [3.63, 3.8) is 0 Å². The number of hydrogen-bond acceptors (Lipinski definition) is 1. The van der Waals surface area contributed by atoms with Crippen molar-refractivity contribution in [3.8, 4) is 55.6 Å². The fourth-order valence-electron chi connectivity index (χ4n) is 11.7. The van der Waals surface area contributed by atoms with Crippen LogP contribution in [0.2, 0.25) is 0 Å². The van der Waals surface area contributed by atoms with Crippen LogP contribution >= 0.6 is 0 Å². The van der Waals surface area contributed by atoms with E-state index in [-0.39, 0.29) is 5.69 Å². The van der Waals surface area contributed by atoms with Gasteiger partial charge in [0.1, 0.15) is 0 Å². The van der Waals surface area contributed by atoms with Crippen LogP contribution in [0.3, 0.4) is 0 Å². The minimum Gasteiger partial charge on any atom is -0.310 e. The molecule has 71 heavy (non-hydrogen) atoms. The van der Waals surface area contributed by atoms with E-state index in [9.17, 15) is 17.8 Å². The van der Waals surface area contributed by atoms with Gasteiger partial charge in [-0.2, -0.15) is 0 Å². The molecule has 0 aliphatic heterocycles. The molecule has 0 fully saturated rings. The van der Waals surface area contributed by atoms with Crippen LogP contribution in [0.5, 0.6) is 0 Å². The minimum absolute atomic E-state index is 0.336. The van der Waals surface area contributed by atoms with Crippen molar-refractivity contribution in [1.29, 1.82) is 0 Å². The van der Waals surface area contributed by atoms with Gasteiger partial charge in [0.15, 0.2) is 0 Å². The molecule has 0 atom stereocenters. The SMILES string of the molecule is [2H]c1c([2H])c([2H])c2c(c1[2H])-c1c(-c3c(-c4c([2H])c([2H])c(N(c5ccc6c(c5)C5(c7ccccc7-c7ccccc75)c5ccccc5-6)c5cc6ccccc6c6ccccc56)c([2H])c4[2H])c([2H])c([2H])c4c([2H])c([2H])c([2H])c([2H])c34)c([2H])c([2H])c([2H])c1C2(C([2H])([2H])[2H])C([2H])([2H])[2H]. The Hall–Kier alpha value is -8.78. The van der Waals surface area contributed by atoms with Crippen LogP contribution in [-0.2, 0) is 10.8 Å². The summed E-state index contributed by atoms with van der Waals surface area (Å²) in [5.74, 6) is 0. The molecular weight excluding hydrogens is 855 g/mol. The zero-order valence-corrected chi connectivity index (χ0v) is 37.3. The molecule has 0 saturated heterocycles. The number of nitrogens with zero attached hydrogens (tertiary/aromatic N) is 1. The lowest BCUT2D eigenvalue weighted by Gasteiger charge is -2.32. The van der Waals surface area contributed by atoms with Crippen molar-refractivity contribution < 1.29 is 31.5 Å². The molecule has 332 valence electrons. The maximum atomic E-state index is 10.5. The predicted octanol–water partition coefficient (Wildman–Crippen LogP) is 18.6. The molecule has 0 aromatic heterocycles. The van der Waals surface area contributed by atoms with Gasteiger partial charge in [-0.3, -0.25) is 0 Å². The van der Waals surface area contributed by atoms with Gasteiger partial charge in [-0.05, 0) is 146 Å².